The van der Waals surface area contributed by atoms with Crippen LogP contribution in [-0.2, 0) is 6.54 Å². The van der Waals surface area contributed by atoms with Crippen LogP contribution in [0.3, 0.4) is 0 Å². The van der Waals surface area contributed by atoms with E-state index in [1.54, 1.807) is 7.11 Å². The standard InChI is InChI=1S/C20H27FN4O2/c1-14-15(2)19(27-3)5-4-16(14)12-24-7-8-25(13-18(24)6-9-26)20-22-10-17(21)11-23-20/h4-5,10-11,18,26H,6-9,12-13H2,1-3H3/t18-/m1/s1. The molecule has 0 amide bonds. The van der Waals surface area contributed by atoms with E-state index in [1.807, 2.05) is 6.07 Å². The van der Waals surface area contributed by atoms with Crippen molar-refractivity contribution >= 4 is 5.95 Å². The van der Waals surface area contributed by atoms with Gasteiger partial charge in [-0.2, -0.15) is 0 Å². The number of ether oxygens (including phenoxy) is 1. The van der Waals surface area contributed by atoms with Crippen LogP contribution in [0.5, 0.6) is 5.75 Å². The van der Waals surface area contributed by atoms with Crippen LogP contribution in [-0.4, -0.2) is 59.4 Å². The third kappa shape index (κ3) is 4.36. The van der Waals surface area contributed by atoms with Gasteiger partial charge in [-0.1, -0.05) is 6.07 Å². The molecule has 1 atom stereocenters. The number of aromatic nitrogens is 2. The van der Waals surface area contributed by atoms with Gasteiger partial charge in [-0.15, -0.1) is 0 Å². The van der Waals surface area contributed by atoms with Gasteiger partial charge in [0.1, 0.15) is 5.75 Å². The van der Waals surface area contributed by atoms with Gasteiger partial charge in [-0.05, 0) is 43.0 Å². The minimum Gasteiger partial charge on any atom is -0.496 e. The number of anilines is 1. The van der Waals surface area contributed by atoms with Crippen LogP contribution in [0.4, 0.5) is 10.3 Å². The molecule has 6 nitrogen and oxygen atoms in total. The first kappa shape index (κ1) is 19.5. The molecular weight excluding hydrogens is 347 g/mol. The fourth-order valence-electron chi connectivity index (χ4n) is 3.64. The van der Waals surface area contributed by atoms with Crippen LogP contribution >= 0.6 is 0 Å². The lowest BCUT2D eigenvalue weighted by Crippen LogP contribution is -2.53. The molecular formula is C20H27FN4O2. The highest BCUT2D eigenvalue weighted by Crippen LogP contribution is 2.26. The molecule has 0 unspecified atom stereocenters. The zero-order valence-electron chi connectivity index (χ0n) is 16.2. The Balaban J connectivity index is 1.74. The maximum Gasteiger partial charge on any atom is 0.225 e. The van der Waals surface area contributed by atoms with Crippen molar-refractivity contribution in [3.05, 3.63) is 47.0 Å². The number of rotatable bonds is 6. The van der Waals surface area contributed by atoms with Crippen LogP contribution in [0, 0.1) is 19.7 Å². The fourth-order valence-corrected chi connectivity index (χ4v) is 3.64. The largest absolute Gasteiger partial charge is 0.496 e. The van der Waals surface area contributed by atoms with Crippen LogP contribution in [0.25, 0.3) is 0 Å². The normalized spacial score (nSPS) is 18.0. The number of halogens is 1. The Bertz CT molecular complexity index is 769. The Kier molecular flexibility index (Phi) is 6.23. The lowest BCUT2D eigenvalue weighted by Gasteiger charge is -2.41. The van der Waals surface area contributed by atoms with E-state index in [0.717, 1.165) is 30.9 Å². The number of aliphatic hydroxyl groups is 1. The summed E-state index contributed by atoms with van der Waals surface area (Å²) in [6.07, 6.45) is 3.06. The number of hydrogen-bond acceptors (Lipinski definition) is 6. The van der Waals surface area contributed by atoms with Crippen LogP contribution < -0.4 is 9.64 Å². The minimum absolute atomic E-state index is 0.125. The van der Waals surface area contributed by atoms with E-state index in [9.17, 15) is 9.50 Å². The summed E-state index contributed by atoms with van der Waals surface area (Å²) in [5, 5.41) is 9.52. The second-order valence-corrected chi connectivity index (χ2v) is 6.96. The van der Waals surface area contributed by atoms with Crippen molar-refractivity contribution in [2.75, 3.05) is 38.3 Å². The van der Waals surface area contributed by atoms with Gasteiger partial charge in [0.2, 0.25) is 5.95 Å². The van der Waals surface area contributed by atoms with E-state index >= 15 is 0 Å². The molecule has 27 heavy (non-hydrogen) atoms. The van der Waals surface area contributed by atoms with Crippen LogP contribution in [0.15, 0.2) is 24.5 Å². The van der Waals surface area contributed by atoms with Crippen molar-refractivity contribution < 1.29 is 14.2 Å². The number of nitrogens with zero attached hydrogens (tertiary/aromatic N) is 4. The molecule has 7 heteroatoms. The minimum atomic E-state index is -0.436. The number of piperazine rings is 1. The average molecular weight is 374 g/mol. The van der Waals surface area contributed by atoms with E-state index in [0.29, 0.717) is 18.9 Å². The molecule has 1 aromatic carbocycles. The SMILES string of the molecule is COc1ccc(CN2CCN(c3ncc(F)cn3)C[C@H]2CCO)c(C)c1C. The zero-order valence-corrected chi connectivity index (χ0v) is 16.2. The van der Waals surface area contributed by atoms with Crippen molar-refractivity contribution in [1.82, 2.24) is 14.9 Å². The molecule has 1 fully saturated rings. The number of hydrogen-bond donors (Lipinski definition) is 1. The number of benzene rings is 1. The second kappa shape index (κ2) is 8.63. The molecule has 0 saturated carbocycles. The van der Waals surface area contributed by atoms with Gasteiger partial charge in [0.05, 0.1) is 19.5 Å². The molecule has 1 aliphatic rings. The molecule has 2 heterocycles. The van der Waals surface area contributed by atoms with Gasteiger partial charge in [0, 0.05) is 38.8 Å². The molecule has 0 radical (unpaired) electrons. The molecule has 2 aromatic rings. The quantitative estimate of drug-likeness (QED) is 0.837. The van der Waals surface area contributed by atoms with E-state index in [-0.39, 0.29) is 12.6 Å². The molecule has 1 aromatic heterocycles. The molecule has 3 rings (SSSR count). The first-order valence-electron chi connectivity index (χ1n) is 9.24. The topological polar surface area (TPSA) is 61.7 Å². The summed E-state index contributed by atoms with van der Waals surface area (Å²) in [6, 6.07) is 4.31. The van der Waals surface area contributed by atoms with Gasteiger partial charge < -0.3 is 14.7 Å². The third-order valence-electron chi connectivity index (χ3n) is 5.40. The summed E-state index contributed by atoms with van der Waals surface area (Å²) >= 11 is 0. The predicted octanol–water partition coefficient (Wildman–Crippen LogP) is 2.31. The monoisotopic (exact) mass is 374 g/mol. The van der Waals surface area contributed by atoms with E-state index in [1.165, 1.54) is 23.5 Å². The summed E-state index contributed by atoms with van der Waals surface area (Å²) in [7, 11) is 1.69. The van der Waals surface area contributed by atoms with E-state index < -0.39 is 5.82 Å². The van der Waals surface area contributed by atoms with Gasteiger partial charge in [0.15, 0.2) is 5.82 Å². The maximum absolute atomic E-state index is 13.1. The van der Waals surface area contributed by atoms with Crippen LogP contribution in [0.1, 0.15) is 23.1 Å². The Morgan fingerprint density at radius 3 is 2.59 bits per heavy atom. The Morgan fingerprint density at radius 1 is 1.19 bits per heavy atom. The van der Waals surface area contributed by atoms with Gasteiger partial charge in [-0.3, -0.25) is 4.90 Å². The molecule has 0 aliphatic carbocycles. The summed E-state index contributed by atoms with van der Waals surface area (Å²) in [4.78, 5) is 12.6. The molecule has 1 aliphatic heterocycles. The summed E-state index contributed by atoms with van der Waals surface area (Å²) in [6.45, 7) is 7.45. The van der Waals surface area contributed by atoms with Gasteiger partial charge in [0.25, 0.3) is 0 Å². The number of methoxy groups -OCH3 is 1. The summed E-state index contributed by atoms with van der Waals surface area (Å²) < 4.78 is 18.5. The Hall–Kier alpha value is -2.25. The predicted molar refractivity (Wildman–Crippen MR) is 103 cm³/mol. The average Bonchev–Trinajstić information content (AvgIpc) is 2.68. The smallest absolute Gasteiger partial charge is 0.225 e. The second-order valence-electron chi connectivity index (χ2n) is 6.96. The Labute approximate surface area is 159 Å². The van der Waals surface area contributed by atoms with Crippen molar-refractivity contribution in [1.29, 1.82) is 0 Å². The summed E-state index contributed by atoms with van der Waals surface area (Å²) in [5.41, 5.74) is 3.66. The van der Waals surface area contributed by atoms with E-state index in [2.05, 4.69) is 39.7 Å². The lowest BCUT2D eigenvalue weighted by molar-refractivity contribution is 0.134. The van der Waals surface area contributed by atoms with Gasteiger partial charge >= 0.3 is 0 Å². The molecule has 0 bridgehead atoms. The van der Waals surface area contributed by atoms with E-state index in [4.69, 9.17) is 4.74 Å². The highest BCUT2D eigenvalue weighted by atomic mass is 19.1. The summed E-state index contributed by atoms with van der Waals surface area (Å²) in [5.74, 6) is 1.01. The van der Waals surface area contributed by atoms with Crippen molar-refractivity contribution in [2.45, 2.75) is 32.9 Å². The van der Waals surface area contributed by atoms with Crippen LogP contribution in [0.2, 0.25) is 0 Å². The van der Waals surface area contributed by atoms with Crippen molar-refractivity contribution in [3.63, 3.8) is 0 Å². The Morgan fingerprint density at radius 2 is 1.93 bits per heavy atom. The molecule has 0 spiro atoms. The highest BCUT2D eigenvalue weighted by Gasteiger charge is 2.28. The molecule has 146 valence electrons. The number of aliphatic hydroxyl groups excluding tert-OH is 1. The lowest BCUT2D eigenvalue weighted by atomic mass is 10.00. The zero-order chi connectivity index (χ0) is 19.4. The molecule has 1 saturated heterocycles. The fraction of sp³-hybridized carbons (Fsp3) is 0.500. The van der Waals surface area contributed by atoms with Crippen molar-refractivity contribution in [3.8, 4) is 5.75 Å². The first-order valence-corrected chi connectivity index (χ1v) is 9.24. The highest BCUT2D eigenvalue weighted by molar-refractivity contribution is 5.43. The van der Waals surface area contributed by atoms with Gasteiger partial charge in [-0.25, -0.2) is 14.4 Å². The van der Waals surface area contributed by atoms with Crippen molar-refractivity contribution in [2.24, 2.45) is 0 Å². The third-order valence-corrected chi connectivity index (χ3v) is 5.40. The first-order chi connectivity index (χ1) is 13.0. The molecule has 1 N–H and O–H groups in total. The maximum atomic E-state index is 13.1.